The van der Waals surface area contributed by atoms with Gasteiger partial charge in [-0.15, -0.1) is 0 Å². The molecule has 0 saturated carbocycles. The number of nitrogens with zero attached hydrogens (tertiary/aromatic N) is 1. The van der Waals surface area contributed by atoms with Gasteiger partial charge in [0.15, 0.2) is 0 Å². The lowest BCUT2D eigenvalue weighted by Gasteiger charge is -2.20. The number of hydrogen-bond acceptors (Lipinski definition) is 2. The molecule has 0 aliphatic heterocycles. The van der Waals surface area contributed by atoms with Crippen LogP contribution in [0.3, 0.4) is 0 Å². The van der Waals surface area contributed by atoms with Gasteiger partial charge in [0.2, 0.25) is 0 Å². The summed E-state index contributed by atoms with van der Waals surface area (Å²) in [5.41, 5.74) is 5.84. The number of halogens is 1. The molecule has 0 bridgehead atoms. The summed E-state index contributed by atoms with van der Waals surface area (Å²) in [4.78, 5) is 13.2. The minimum absolute atomic E-state index is 0.0411. The molecule has 0 fully saturated rings. The maximum Gasteiger partial charge on any atom is 0.321 e. The minimum Gasteiger partial charge on any atom is -0.397 e. The van der Waals surface area contributed by atoms with Crippen molar-refractivity contribution in [3.63, 3.8) is 0 Å². The molecule has 88 valence electrons. The molecule has 1 aromatic carbocycles. The fourth-order valence-electron chi connectivity index (χ4n) is 1.37. The van der Waals surface area contributed by atoms with Crippen LogP contribution >= 0.6 is 0 Å². The van der Waals surface area contributed by atoms with Gasteiger partial charge in [-0.2, -0.15) is 0 Å². The van der Waals surface area contributed by atoms with E-state index in [9.17, 15) is 9.18 Å². The van der Waals surface area contributed by atoms with Crippen molar-refractivity contribution in [2.45, 2.75) is 13.8 Å². The number of carbonyl (C=O) groups is 1. The maximum atomic E-state index is 13.4. The molecule has 0 atom stereocenters. The second-order valence-electron chi connectivity index (χ2n) is 3.31. The lowest BCUT2D eigenvalue weighted by molar-refractivity contribution is 0.217. The van der Waals surface area contributed by atoms with Crippen LogP contribution in [0, 0.1) is 5.82 Å². The largest absolute Gasteiger partial charge is 0.397 e. The Hall–Kier alpha value is -1.78. The highest BCUT2D eigenvalue weighted by molar-refractivity contribution is 5.92. The second-order valence-corrected chi connectivity index (χ2v) is 3.31. The molecular formula is C11H16FN3O. The Morgan fingerprint density at radius 3 is 2.56 bits per heavy atom. The SMILES string of the molecule is CCN(CC)C(=O)Nc1c(N)cccc1F. The second kappa shape index (κ2) is 5.34. The Morgan fingerprint density at radius 1 is 1.44 bits per heavy atom. The Bertz CT molecular complexity index is 357. The van der Waals surface area contributed by atoms with Gasteiger partial charge < -0.3 is 16.0 Å². The van der Waals surface area contributed by atoms with Gasteiger partial charge in [0.25, 0.3) is 0 Å². The van der Waals surface area contributed by atoms with Gasteiger partial charge in [-0.25, -0.2) is 9.18 Å². The van der Waals surface area contributed by atoms with E-state index in [2.05, 4.69) is 5.32 Å². The number of hydrogen-bond donors (Lipinski definition) is 2. The molecule has 0 radical (unpaired) electrons. The van der Waals surface area contributed by atoms with Crippen LogP contribution in [-0.4, -0.2) is 24.0 Å². The zero-order valence-electron chi connectivity index (χ0n) is 9.46. The van der Waals surface area contributed by atoms with Crippen LogP contribution in [0.25, 0.3) is 0 Å². The standard InChI is InChI=1S/C11H16FN3O/c1-3-15(4-2)11(16)14-10-8(12)6-5-7-9(10)13/h5-7H,3-4,13H2,1-2H3,(H,14,16). The van der Waals surface area contributed by atoms with E-state index >= 15 is 0 Å². The van der Waals surface area contributed by atoms with Crippen LogP contribution in [0.4, 0.5) is 20.6 Å². The number of nitrogens with two attached hydrogens (primary N) is 1. The van der Waals surface area contributed by atoms with Gasteiger partial charge in [-0.05, 0) is 26.0 Å². The predicted molar refractivity (Wildman–Crippen MR) is 62.8 cm³/mol. The molecule has 0 aromatic heterocycles. The highest BCUT2D eigenvalue weighted by Gasteiger charge is 2.13. The van der Waals surface area contributed by atoms with Crippen molar-refractivity contribution in [1.29, 1.82) is 0 Å². The smallest absolute Gasteiger partial charge is 0.321 e. The highest BCUT2D eigenvalue weighted by atomic mass is 19.1. The summed E-state index contributed by atoms with van der Waals surface area (Å²) in [6.45, 7) is 4.84. The fraction of sp³-hybridized carbons (Fsp3) is 0.364. The first-order chi connectivity index (χ1) is 7.60. The monoisotopic (exact) mass is 225 g/mol. The molecule has 16 heavy (non-hydrogen) atoms. The maximum absolute atomic E-state index is 13.4. The third-order valence-electron chi connectivity index (χ3n) is 2.33. The van der Waals surface area contributed by atoms with Crippen molar-refractivity contribution in [3.05, 3.63) is 24.0 Å². The first kappa shape index (κ1) is 12.3. The molecule has 0 unspecified atom stereocenters. The molecule has 0 aliphatic carbocycles. The fourth-order valence-corrected chi connectivity index (χ4v) is 1.37. The van der Waals surface area contributed by atoms with E-state index < -0.39 is 5.82 Å². The quantitative estimate of drug-likeness (QED) is 0.775. The van der Waals surface area contributed by atoms with Crippen molar-refractivity contribution in [3.8, 4) is 0 Å². The van der Waals surface area contributed by atoms with E-state index in [1.165, 1.54) is 12.1 Å². The summed E-state index contributed by atoms with van der Waals surface area (Å²) < 4.78 is 13.4. The highest BCUT2D eigenvalue weighted by Crippen LogP contribution is 2.21. The number of anilines is 2. The zero-order chi connectivity index (χ0) is 12.1. The van der Waals surface area contributed by atoms with Crippen LogP contribution in [0.2, 0.25) is 0 Å². The molecule has 0 saturated heterocycles. The Balaban J connectivity index is 2.84. The van der Waals surface area contributed by atoms with Crippen LogP contribution in [-0.2, 0) is 0 Å². The van der Waals surface area contributed by atoms with Crippen molar-refractivity contribution in [2.75, 3.05) is 24.1 Å². The average molecular weight is 225 g/mol. The summed E-state index contributed by atoms with van der Waals surface area (Å²) in [7, 11) is 0. The third kappa shape index (κ3) is 2.62. The van der Waals surface area contributed by atoms with Crippen molar-refractivity contribution >= 4 is 17.4 Å². The molecule has 0 spiro atoms. The number of rotatable bonds is 3. The number of para-hydroxylation sites is 1. The molecule has 3 N–H and O–H groups in total. The number of nitrogen functional groups attached to an aromatic ring is 1. The molecule has 1 aromatic rings. The molecule has 0 heterocycles. The van der Waals surface area contributed by atoms with E-state index in [4.69, 9.17) is 5.73 Å². The Kier molecular flexibility index (Phi) is 4.10. The predicted octanol–water partition coefficient (Wildman–Crippen LogP) is 2.28. The summed E-state index contributed by atoms with van der Waals surface area (Å²) in [5, 5.41) is 2.47. The first-order valence-corrected chi connectivity index (χ1v) is 5.20. The Morgan fingerprint density at radius 2 is 2.06 bits per heavy atom. The van der Waals surface area contributed by atoms with E-state index in [-0.39, 0.29) is 17.4 Å². The van der Waals surface area contributed by atoms with Gasteiger partial charge >= 0.3 is 6.03 Å². The summed E-state index contributed by atoms with van der Waals surface area (Å²) in [5.74, 6) is -0.527. The van der Waals surface area contributed by atoms with Gasteiger partial charge in [0.1, 0.15) is 11.5 Å². The first-order valence-electron chi connectivity index (χ1n) is 5.20. The number of carbonyl (C=O) groups excluding carboxylic acids is 1. The van der Waals surface area contributed by atoms with Gasteiger partial charge in [-0.3, -0.25) is 0 Å². The number of amides is 2. The normalized spacial score (nSPS) is 9.94. The van der Waals surface area contributed by atoms with E-state index in [1.807, 2.05) is 13.8 Å². The molecule has 4 nitrogen and oxygen atoms in total. The van der Waals surface area contributed by atoms with Crippen LogP contribution in [0.5, 0.6) is 0 Å². The Labute approximate surface area is 94.2 Å². The average Bonchev–Trinajstić information content (AvgIpc) is 2.25. The van der Waals surface area contributed by atoms with Crippen LogP contribution in [0.1, 0.15) is 13.8 Å². The number of benzene rings is 1. The number of urea groups is 1. The lowest BCUT2D eigenvalue weighted by atomic mass is 10.2. The van der Waals surface area contributed by atoms with Gasteiger partial charge in [0.05, 0.1) is 5.69 Å². The van der Waals surface area contributed by atoms with E-state index in [0.717, 1.165) is 0 Å². The summed E-state index contributed by atoms with van der Waals surface area (Å²) >= 11 is 0. The van der Waals surface area contributed by atoms with Gasteiger partial charge in [0, 0.05) is 13.1 Å². The van der Waals surface area contributed by atoms with Crippen molar-refractivity contribution < 1.29 is 9.18 Å². The van der Waals surface area contributed by atoms with E-state index in [0.29, 0.717) is 13.1 Å². The van der Waals surface area contributed by atoms with Crippen molar-refractivity contribution in [1.82, 2.24) is 4.90 Å². The molecule has 5 heteroatoms. The minimum atomic E-state index is -0.527. The summed E-state index contributed by atoms with van der Waals surface area (Å²) in [6, 6.07) is 3.95. The third-order valence-corrected chi connectivity index (χ3v) is 2.33. The zero-order valence-corrected chi connectivity index (χ0v) is 9.46. The molecule has 2 amide bonds. The molecular weight excluding hydrogens is 209 g/mol. The molecule has 1 rings (SSSR count). The number of nitrogens with one attached hydrogen (secondary N) is 1. The molecule has 0 aliphatic rings. The lowest BCUT2D eigenvalue weighted by Crippen LogP contribution is -2.34. The topological polar surface area (TPSA) is 58.4 Å². The van der Waals surface area contributed by atoms with Crippen LogP contribution < -0.4 is 11.1 Å². The summed E-state index contributed by atoms with van der Waals surface area (Å²) in [6.07, 6.45) is 0. The van der Waals surface area contributed by atoms with Crippen molar-refractivity contribution in [2.24, 2.45) is 0 Å². The van der Waals surface area contributed by atoms with E-state index in [1.54, 1.807) is 11.0 Å². The van der Waals surface area contributed by atoms with Gasteiger partial charge in [-0.1, -0.05) is 6.07 Å². The van der Waals surface area contributed by atoms with Crippen LogP contribution in [0.15, 0.2) is 18.2 Å².